The number of rotatable bonds is 5. The lowest BCUT2D eigenvalue weighted by atomic mass is 9.96. The first kappa shape index (κ1) is 17.3. The SMILES string of the molecule is CC1(C2CC2)NC(=O)N(CC(O)Cn2c3ccccc3c3ccccc32)C1=O. The van der Waals surface area contributed by atoms with Crippen molar-refractivity contribution in [2.75, 3.05) is 6.54 Å². The molecule has 6 heteroatoms. The van der Waals surface area contributed by atoms with Gasteiger partial charge in [0.2, 0.25) is 0 Å². The van der Waals surface area contributed by atoms with Crippen LogP contribution >= 0.6 is 0 Å². The molecule has 28 heavy (non-hydrogen) atoms. The summed E-state index contributed by atoms with van der Waals surface area (Å²) in [6.07, 6.45) is 1.07. The predicted molar refractivity (Wildman–Crippen MR) is 107 cm³/mol. The standard InChI is InChI=1S/C22H23N3O3/c1-22(14-10-11-14)20(27)25(21(28)23-22)13-15(26)12-24-18-8-4-2-6-16(18)17-7-3-5-9-19(17)24/h2-9,14-15,26H,10-13H2,1H3,(H,23,28). The zero-order valence-electron chi connectivity index (χ0n) is 15.8. The molecule has 1 aliphatic carbocycles. The second-order valence-electron chi connectivity index (χ2n) is 8.12. The molecule has 2 fully saturated rings. The third-order valence-electron chi connectivity index (χ3n) is 6.16. The van der Waals surface area contributed by atoms with Crippen LogP contribution in [0.25, 0.3) is 21.8 Å². The van der Waals surface area contributed by atoms with Crippen molar-refractivity contribution in [3.63, 3.8) is 0 Å². The highest BCUT2D eigenvalue weighted by molar-refractivity contribution is 6.08. The number of β-amino-alcohol motifs (C(OH)–C–C–N with tert-alkyl or cyclic N) is 1. The van der Waals surface area contributed by atoms with Crippen molar-refractivity contribution in [2.24, 2.45) is 5.92 Å². The number of fused-ring (bicyclic) bond motifs is 3. The molecule has 3 amide bonds. The molecule has 144 valence electrons. The average molecular weight is 377 g/mol. The number of carbonyl (C=O) groups excluding carboxylic acids is 2. The van der Waals surface area contributed by atoms with E-state index in [-0.39, 0.29) is 18.4 Å². The highest BCUT2D eigenvalue weighted by Crippen LogP contribution is 2.42. The summed E-state index contributed by atoms with van der Waals surface area (Å²) in [6.45, 7) is 2.10. The largest absolute Gasteiger partial charge is 0.389 e. The lowest BCUT2D eigenvalue weighted by molar-refractivity contribution is -0.132. The van der Waals surface area contributed by atoms with Gasteiger partial charge in [0, 0.05) is 21.8 Å². The number of hydrogen-bond donors (Lipinski definition) is 2. The first-order valence-corrected chi connectivity index (χ1v) is 9.77. The monoisotopic (exact) mass is 377 g/mol. The van der Waals surface area contributed by atoms with Crippen LogP contribution in [0.2, 0.25) is 0 Å². The first-order valence-electron chi connectivity index (χ1n) is 9.77. The van der Waals surface area contributed by atoms with Crippen molar-refractivity contribution in [1.82, 2.24) is 14.8 Å². The Hall–Kier alpha value is -2.86. The van der Waals surface area contributed by atoms with Crippen LogP contribution in [0.4, 0.5) is 4.79 Å². The number of aliphatic hydroxyl groups is 1. The van der Waals surface area contributed by atoms with E-state index in [1.807, 2.05) is 36.4 Å². The number of amides is 3. The molecule has 2 atom stereocenters. The Morgan fingerprint density at radius 1 is 1.04 bits per heavy atom. The summed E-state index contributed by atoms with van der Waals surface area (Å²) < 4.78 is 2.06. The summed E-state index contributed by atoms with van der Waals surface area (Å²) in [5.41, 5.74) is 1.24. The zero-order valence-corrected chi connectivity index (χ0v) is 15.8. The highest BCUT2D eigenvalue weighted by Gasteiger charge is 2.56. The third-order valence-corrected chi connectivity index (χ3v) is 6.16. The first-order chi connectivity index (χ1) is 13.5. The number of aliphatic hydroxyl groups excluding tert-OH is 1. The molecule has 2 aromatic carbocycles. The number of urea groups is 1. The molecule has 2 aliphatic rings. The van der Waals surface area contributed by atoms with E-state index in [4.69, 9.17) is 0 Å². The molecular formula is C22H23N3O3. The summed E-state index contributed by atoms with van der Waals surface area (Å²) in [5.74, 6) is -0.00954. The Kier molecular flexibility index (Phi) is 3.74. The molecule has 2 unspecified atom stereocenters. The predicted octanol–water partition coefficient (Wildman–Crippen LogP) is 2.88. The summed E-state index contributed by atoms with van der Waals surface area (Å²) in [5, 5.41) is 15.9. The van der Waals surface area contributed by atoms with Crippen molar-refractivity contribution >= 4 is 33.7 Å². The van der Waals surface area contributed by atoms with Crippen molar-refractivity contribution < 1.29 is 14.7 Å². The van der Waals surface area contributed by atoms with Gasteiger partial charge in [-0.1, -0.05) is 36.4 Å². The molecule has 1 saturated carbocycles. The number of para-hydroxylation sites is 2. The van der Waals surface area contributed by atoms with Crippen LogP contribution < -0.4 is 5.32 Å². The maximum atomic E-state index is 12.8. The van der Waals surface area contributed by atoms with Crippen molar-refractivity contribution in [3.8, 4) is 0 Å². The molecule has 5 rings (SSSR count). The Bertz CT molecular complexity index is 1050. The van der Waals surface area contributed by atoms with Crippen LogP contribution in [-0.2, 0) is 11.3 Å². The number of benzene rings is 2. The third kappa shape index (κ3) is 2.52. The molecule has 1 saturated heterocycles. The fourth-order valence-electron chi connectivity index (χ4n) is 4.50. The molecule has 1 aromatic heterocycles. The quantitative estimate of drug-likeness (QED) is 0.672. The minimum atomic E-state index is -0.851. The lowest BCUT2D eigenvalue weighted by Crippen LogP contribution is -2.46. The molecule has 3 aromatic rings. The Morgan fingerprint density at radius 3 is 2.18 bits per heavy atom. The van der Waals surface area contributed by atoms with E-state index in [0.29, 0.717) is 6.54 Å². The Balaban J connectivity index is 1.42. The topological polar surface area (TPSA) is 74.6 Å². The number of carbonyl (C=O) groups is 2. The van der Waals surface area contributed by atoms with E-state index in [1.165, 1.54) is 4.90 Å². The van der Waals surface area contributed by atoms with E-state index in [0.717, 1.165) is 34.6 Å². The van der Waals surface area contributed by atoms with Gasteiger partial charge in [-0.2, -0.15) is 0 Å². The van der Waals surface area contributed by atoms with Crippen LogP contribution in [0.5, 0.6) is 0 Å². The fraction of sp³-hybridized carbons (Fsp3) is 0.364. The zero-order chi connectivity index (χ0) is 19.5. The van der Waals surface area contributed by atoms with Crippen molar-refractivity contribution in [3.05, 3.63) is 48.5 Å². The minimum absolute atomic E-state index is 0.00614. The minimum Gasteiger partial charge on any atom is -0.389 e. The highest BCUT2D eigenvalue weighted by atomic mass is 16.3. The van der Waals surface area contributed by atoms with E-state index in [1.54, 1.807) is 6.92 Å². The number of hydrogen-bond acceptors (Lipinski definition) is 3. The summed E-state index contributed by atoms with van der Waals surface area (Å²) in [4.78, 5) is 26.4. The lowest BCUT2D eigenvalue weighted by Gasteiger charge is -2.22. The molecule has 2 heterocycles. The number of imide groups is 1. The van der Waals surface area contributed by atoms with E-state index < -0.39 is 17.7 Å². The molecular weight excluding hydrogens is 354 g/mol. The van der Waals surface area contributed by atoms with Gasteiger partial charge >= 0.3 is 6.03 Å². The van der Waals surface area contributed by atoms with Gasteiger partial charge in [0.1, 0.15) is 5.54 Å². The second kappa shape index (κ2) is 6.07. The maximum absolute atomic E-state index is 12.8. The van der Waals surface area contributed by atoms with Gasteiger partial charge in [-0.15, -0.1) is 0 Å². The summed E-state index contributed by atoms with van der Waals surface area (Å²) >= 11 is 0. The summed E-state index contributed by atoms with van der Waals surface area (Å²) in [6, 6.07) is 15.7. The van der Waals surface area contributed by atoms with Crippen LogP contribution in [0.15, 0.2) is 48.5 Å². The molecule has 0 radical (unpaired) electrons. The van der Waals surface area contributed by atoms with Crippen LogP contribution in [0.3, 0.4) is 0 Å². The van der Waals surface area contributed by atoms with E-state index in [2.05, 4.69) is 22.0 Å². The van der Waals surface area contributed by atoms with Crippen LogP contribution in [-0.4, -0.2) is 44.7 Å². The van der Waals surface area contributed by atoms with Crippen molar-refractivity contribution in [2.45, 2.75) is 38.0 Å². The molecule has 6 nitrogen and oxygen atoms in total. The van der Waals surface area contributed by atoms with E-state index in [9.17, 15) is 14.7 Å². The second-order valence-corrected chi connectivity index (χ2v) is 8.12. The Morgan fingerprint density at radius 2 is 1.61 bits per heavy atom. The Labute approximate surface area is 162 Å². The molecule has 2 N–H and O–H groups in total. The number of nitrogens with zero attached hydrogens (tertiary/aromatic N) is 2. The van der Waals surface area contributed by atoms with Gasteiger partial charge in [-0.05, 0) is 37.8 Å². The number of aromatic nitrogens is 1. The fourth-order valence-corrected chi connectivity index (χ4v) is 4.50. The van der Waals surface area contributed by atoms with Gasteiger partial charge in [-0.3, -0.25) is 9.69 Å². The summed E-state index contributed by atoms with van der Waals surface area (Å²) in [7, 11) is 0. The average Bonchev–Trinajstić information content (AvgIpc) is 3.48. The van der Waals surface area contributed by atoms with Crippen LogP contribution in [0.1, 0.15) is 19.8 Å². The van der Waals surface area contributed by atoms with Gasteiger partial charge in [0.25, 0.3) is 5.91 Å². The van der Waals surface area contributed by atoms with Gasteiger partial charge in [0.05, 0.1) is 19.2 Å². The molecule has 0 bridgehead atoms. The van der Waals surface area contributed by atoms with Crippen LogP contribution in [0, 0.1) is 5.92 Å². The van der Waals surface area contributed by atoms with Gasteiger partial charge < -0.3 is 15.0 Å². The molecule has 0 spiro atoms. The normalized spacial score (nSPS) is 23.6. The van der Waals surface area contributed by atoms with Crippen molar-refractivity contribution in [1.29, 1.82) is 0 Å². The van der Waals surface area contributed by atoms with Gasteiger partial charge in [0.15, 0.2) is 0 Å². The number of nitrogens with one attached hydrogen (secondary N) is 1. The van der Waals surface area contributed by atoms with E-state index >= 15 is 0 Å². The smallest absolute Gasteiger partial charge is 0.325 e. The maximum Gasteiger partial charge on any atom is 0.325 e. The molecule has 1 aliphatic heterocycles. The van der Waals surface area contributed by atoms with Gasteiger partial charge in [-0.25, -0.2) is 4.79 Å².